The van der Waals surface area contributed by atoms with E-state index in [1.165, 1.54) is 11.3 Å². The van der Waals surface area contributed by atoms with E-state index in [9.17, 15) is 4.79 Å². The van der Waals surface area contributed by atoms with Crippen molar-refractivity contribution in [2.45, 2.75) is 20.0 Å². The highest BCUT2D eigenvalue weighted by molar-refractivity contribution is 9.10. The normalized spacial score (nSPS) is 13.5. The van der Waals surface area contributed by atoms with Crippen molar-refractivity contribution >= 4 is 38.2 Å². The third kappa shape index (κ3) is 3.12. The zero-order valence-electron chi connectivity index (χ0n) is 13.3. The summed E-state index contributed by atoms with van der Waals surface area (Å²) in [6.45, 7) is 2.95. The largest absolute Gasteiger partial charge is 0.376 e. The summed E-state index contributed by atoms with van der Waals surface area (Å²) in [6.07, 6.45) is 0.757. The lowest BCUT2D eigenvalue weighted by Gasteiger charge is -2.12. The Morgan fingerprint density at radius 1 is 1.36 bits per heavy atom. The summed E-state index contributed by atoms with van der Waals surface area (Å²) >= 11 is 4.91. The minimum absolute atomic E-state index is 0.190. The van der Waals surface area contributed by atoms with Gasteiger partial charge in [-0.2, -0.15) is 4.98 Å². The Balaban J connectivity index is 1.75. The van der Waals surface area contributed by atoms with Gasteiger partial charge in [0.25, 0.3) is 11.8 Å². The Hall–Kier alpha value is -2.03. The molecule has 8 heteroatoms. The number of amides is 1. The Morgan fingerprint density at radius 2 is 2.20 bits per heavy atom. The van der Waals surface area contributed by atoms with Gasteiger partial charge in [0, 0.05) is 9.35 Å². The Bertz CT molecular complexity index is 951. The Labute approximate surface area is 156 Å². The number of carbonyl (C=O) groups is 1. The lowest BCUT2D eigenvalue weighted by atomic mass is 10.1. The van der Waals surface area contributed by atoms with Gasteiger partial charge in [-0.3, -0.25) is 4.79 Å². The first-order valence-electron chi connectivity index (χ1n) is 7.72. The highest BCUT2D eigenvalue weighted by atomic mass is 79.9. The molecule has 0 aliphatic carbocycles. The van der Waals surface area contributed by atoms with E-state index in [1.807, 2.05) is 18.2 Å². The molecule has 0 atom stereocenters. The molecule has 0 spiro atoms. The van der Waals surface area contributed by atoms with Crippen LogP contribution in [0.5, 0.6) is 0 Å². The second-order valence-electron chi connectivity index (χ2n) is 5.59. The smallest absolute Gasteiger partial charge is 0.261 e. The van der Waals surface area contributed by atoms with Crippen LogP contribution in [0.25, 0.3) is 11.5 Å². The van der Waals surface area contributed by atoms with Crippen LogP contribution in [-0.4, -0.2) is 22.7 Å². The van der Waals surface area contributed by atoms with Gasteiger partial charge in [0.05, 0.1) is 24.3 Å². The van der Waals surface area contributed by atoms with Crippen LogP contribution in [0.15, 0.2) is 33.3 Å². The predicted molar refractivity (Wildman–Crippen MR) is 97.8 cm³/mol. The number of anilines is 1. The summed E-state index contributed by atoms with van der Waals surface area (Å²) in [6, 6.07) is 7.31. The van der Waals surface area contributed by atoms with Crippen LogP contribution >= 0.6 is 27.3 Å². The van der Waals surface area contributed by atoms with E-state index in [0.717, 1.165) is 26.9 Å². The van der Waals surface area contributed by atoms with Crippen LogP contribution in [0.2, 0.25) is 0 Å². The lowest BCUT2D eigenvalue weighted by Crippen LogP contribution is -2.12. The highest BCUT2D eigenvalue weighted by Crippen LogP contribution is 2.42. The van der Waals surface area contributed by atoms with E-state index in [4.69, 9.17) is 9.26 Å². The average Bonchev–Trinajstić information content (AvgIpc) is 3.17. The summed E-state index contributed by atoms with van der Waals surface area (Å²) in [7, 11) is 0. The third-order valence-electron chi connectivity index (χ3n) is 3.91. The summed E-state index contributed by atoms with van der Waals surface area (Å²) < 4.78 is 11.7. The monoisotopic (exact) mass is 419 g/mol. The maximum absolute atomic E-state index is 12.7. The van der Waals surface area contributed by atoms with Crippen molar-refractivity contribution in [1.29, 1.82) is 0 Å². The fourth-order valence-electron chi connectivity index (χ4n) is 2.76. The van der Waals surface area contributed by atoms with Crippen LogP contribution in [0.4, 0.5) is 5.00 Å². The molecule has 1 aromatic carbocycles. The number of nitrogens with one attached hydrogen (secondary N) is 1. The van der Waals surface area contributed by atoms with Crippen molar-refractivity contribution < 1.29 is 14.1 Å². The van der Waals surface area contributed by atoms with Gasteiger partial charge in [-0.25, -0.2) is 0 Å². The lowest BCUT2D eigenvalue weighted by molar-refractivity contribution is 0.102. The number of aromatic nitrogens is 2. The summed E-state index contributed by atoms with van der Waals surface area (Å²) in [4.78, 5) is 18.1. The number of ether oxygens (including phenoxy) is 1. The molecule has 25 heavy (non-hydrogen) atoms. The molecule has 3 heterocycles. The van der Waals surface area contributed by atoms with E-state index in [1.54, 1.807) is 13.0 Å². The van der Waals surface area contributed by atoms with Gasteiger partial charge in [-0.1, -0.05) is 17.3 Å². The Kier molecular flexibility index (Phi) is 4.41. The second-order valence-corrected chi connectivity index (χ2v) is 7.55. The van der Waals surface area contributed by atoms with Gasteiger partial charge >= 0.3 is 0 Å². The molecule has 6 nitrogen and oxygen atoms in total. The van der Waals surface area contributed by atoms with Crippen LogP contribution in [0.3, 0.4) is 0 Å². The van der Waals surface area contributed by atoms with Crippen LogP contribution in [0, 0.1) is 6.92 Å². The first-order chi connectivity index (χ1) is 12.1. The first kappa shape index (κ1) is 16.4. The number of hydrogen-bond donors (Lipinski definition) is 1. The first-order valence-corrected chi connectivity index (χ1v) is 9.33. The number of rotatable bonds is 3. The minimum Gasteiger partial charge on any atom is -0.376 e. The van der Waals surface area contributed by atoms with Crippen LogP contribution in [-0.2, 0) is 17.8 Å². The van der Waals surface area contributed by atoms with E-state index < -0.39 is 0 Å². The molecule has 128 valence electrons. The SMILES string of the molecule is Cc1noc(-c2c(NC(=O)c3ccccc3Br)sc3c2CCOC3)n1. The Morgan fingerprint density at radius 3 is 2.96 bits per heavy atom. The molecule has 1 aliphatic heterocycles. The standard InChI is InChI=1S/C17H14BrN3O3S/c1-9-19-16(24-21-9)14-11-6-7-23-8-13(11)25-17(14)20-15(22)10-4-2-3-5-12(10)18/h2-5H,6-8H2,1H3,(H,20,22). The minimum atomic E-state index is -0.190. The number of fused-ring (bicyclic) bond motifs is 1. The number of thiophene rings is 1. The van der Waals surface area contributed by atoms with E-state index >= 15 is 0 Å². The number of hydrogen-bond acceptors (Lipinski definition) is 6. The third-order valence-corrected chi connectivity index (χ3v) is 5.72. The molecule has 1 amide bonds. The van der Waals surface area contributed by atoms with Gasteiger partial charge in [0.15, 0.2) is 5.82 Å². The van der Waals surface area contributed by atoms with Gasteiger partial charge in [0.1, 0.15) is 5.00 Å². The van der Waals surface area contributed by atoms with Gasteiger partial charge in [-0.05, 0) is 47.0 Å². The average molecular weight is 420 g/mol. The van der Waals surface area contributed by atoms with E-state index in [-0.39, 0.29) is 5.91 Å². The zero-order chi connectivity index (χ0) is 17.4. The molecule has 0 saturated carbocycles. The molecule has 1 aliphatic rings. The van der Waals surface area contributed by atoms with E-state index in [0.29, 0.717) is 35.5 Å². The van der Waals surface area contributed by atoms with Crippen LogP contribution < -0.4 is 5.32 Å². The fraction of sp³-hybridized carbons (Fsp3) is 0.235. The summed E-state index contributed by atoms with van der Waals surface area (Å²) in [5.74, 6) is 0.800. The van der Waals surface area contributed by atoms with Crippen molar-refractivity contribution in [1.82, 2.24) is 10.1 Å². The van der Waals surface area contributed by atoms with Crippen LogP contribution in [0.1, 0.15) is 26.6 Å². The number of nitrogens with zero attached hydrogens (tertiary/aromatic N) is 2. The fourth-order valence-corrected chi connectivity index (χ4v) is 4.40. The molecular weight excluding hydrogens is 406 g/mol. The predicted octanol–water partition coefficient (Wildman–Crippen LogP) is 4.19. The quantitative estimate of drug-likeness (QED) is 0.688. The summed E-state index contributed by atoms with van der Waals surface area (Å²) in [5, 5.41) is 7.59. The van der Waals surface area contributed by atoms with E-state index in [2.05, 4.69) is 31.4 Å². The maximum Gasteiger partial charge on any atom is 0.261 e. The highest BCUT2D eigenvalue weighted by Gasteiger charge is 2.27. The number of halogens is 1. The molecule has 0 saturated heterocycles. The van der Waals surface area contributed by atoms with Crippen molar-refractivity contribution in [3.8, 4) is 11.5 Å². The molecule has 2 aromatic heterocycles. The molecule has 0 bridgehead atoms. The van der Waals surface area contributed by atoms with Gasteiger partial charge in [0.2, 0.25) is 0 Å². The van der Waals surface area contributed by atoms with Crippen molar-refractivity contribution in [3.63, 3.8) is 0 Å². The number of benzene rings is 1. The van der Waals surface area contributed by atoms with Crippen molar-refractivity contribution in [2.75, 3.05) is 11.9 Å². The van der Waals surface area contributed by atoms with Crippen molar-refractivity contribution in [2.24, 2.45) is 0 Å². The molecule has 0 radical (unpaired) electrons. The zero-order valence-corrected chi connectivity index (χ0v) is 15.7. The van der Waals surface area contributed by atoms with Crippen molar-refractivity contribution in [3.05, 3.63) is 50.6 Å². The molecule has 0 unspecified atom stereocenters. The number of carbonyl (C=O) groups excluding carboxylic acids is 1. The molecular formula is C17H14BrN3O3S. The molecule has 4 rings (SSSR count). The second kappa shape index (κ2) is 6.70. The topological polar surface area (TPSA) is 77.2 Å². The summed E-state index contributed by atoms with van der Waals surface area (Å²) in [5.41, 5.74) is 2.49. The molecule has 3 aromatic rings. The molecule has 0 fully saturated rings. The molecule has 1 N–H and O–H groups in total. The number of aryl methyl sites for hydroxylation is 1. The van der Waals surface area contributed by atoms with Gasteiger partial charge in [-0.15, -0.1) is 11.3 Å². The van der Waals surface area contributed by atoms with Gasteiger partial charge < -0.3 is 14.6 Å². The maximum atomic E-state index is 12.7.